The van der Waals surface area contributed by atoms with Crippen LogP contribution in [0.2, 0.25) is 0 Å². The zero-order valence-corrected chi connectivity index (χ0v) is 11.6. The highest BCUT2D eigenvalue weighted by molar-refractivity contribution is 5.92. The Bertz CT molecular complexity index is 430. The molecule has 1 aliphatic heterocycles. The molecule has 1 atom stereocenters. The Labute approximate surface area is 113 Å². The number of carbonyl (C=O) groups is 1. The minimum Gasteiger partial charge on any atom is -0.459 e. The second kappa shape index (κ2) is 6.18. The van der Waals surface area contributed by atoms with Crippen LogP contribution in [0.5, 0.6) is 0 Å². The number of hydrogen-bond donors (Lipinski definition) is 2. The van der Waals surface area contributed by atoms with Crippen molar-refractivity contribution < 1.29 is 9.21 Å². The van der Waals surface area contributed by atoms with Crippen molar-refractivity contribution in [1.29, 1.82) is 0 Å². The molecule has 0 aliphatic carbocycles. The van der Waals surface area contributed by atoms with Gasteiger partial charge >= 0.3 is 5.91 Å². The maximum Gasteiger partial charge on any atom is 0.301 e. The van der Waals surface area contributed by atoms with Crippen LogP contribution in [-0.4, -0.2) is 48.9 Å². The molecular formula is C13H22N4O2. The molecule has 1 aromatic rings. The van der Waals surface area contributed by atoms with Crippen molar-refractivity contribution in [3.8, 4) is 0 Å². The molecule has 6 nitrogen and oxygen atoms in total. The van der Waals surface area contributed by atoms with Crippen LogP contribution in [0.15, 0.2) is 16.7 Å². The summed E-state index contributed by atoms with van der Waals surface area (Å²) in [6.07, 6.45) is 3.94. The van der Waals surface area contributed by atoms with Gasteiger partial charge in [-0.05, 0) is 39.5 Å². The quantitative estimate of drug-likeness (QED) is 0.459. The van der Waals surface area contributed by atoms with E-state index in [-0.39, 0.29) is 5.91 Å². The second-order valence-electron chi connectivity index (χ2n) is 5.28. The lowest BCUT2D eigenvalue weighted by Gasteiger charge is -2.26. The van der Waals surface area contributed by atoms with Gasteiger partial charge in [0.05, 0.1) is 6.26 Å². The lowest BCUT2D eigenvalue weighted by molar-refractivity contribution is 0.0922. The summed E-state index contributed by atoms with van der Waals surface area (Å²) in [5, 5.41) is 0. The number of nitrogens with one attached hydrogen (secondary N) is 1. The number of hydrogen-bond acceptors (Lipinski definition) is 5. The molecule has 1 aromatic heterocycles. The molecule has 0 radical (unpaired) electrons. The molecule has 0 bridgehead atoms. The minimum absolute atomic E-state index is 0.318. The average Bonchev–Trinajstić information content (AvgIpc) is 2.98. The number of nitrogen functional groups attached to an aromatic ring is 1. The maximum atomic E-state index is 11.6. The summed E-state index contributed by atoms with van der Waals surface area (Å²) in [6.45, 7) is 2.83. The lowest BCUT2D eigenvalue weighted by Crippen LogP contribution is -2.37. The molecule has 1 unspecified atom stereocenters. The van der Waals surface area contributed by atoms with E-state index in [1.165, 1.54) is 19.1 Å². The van der Waals surface area contributed by atoms with Gasteiger partial charge in [-0.2, -0.15) is 0 Å². The predicted octanol–water partition coefficient (Wildman–Crippen LogP) is 0.409. The van der Waals surface area contributed by atoms with Crippen LogP contribution in [0.4, 0.5) is 0 Å². The number of furan rings is 1. The summed E-state index contributed by atoms with van der Waals surface area (Å²) in [6, 6.07) is 2.38. The summed E-state index contributed by atoms with van der Waals surface area (Å²) in [5.41, 5.74) is 3.01. The molecule has 0 aromatic carbocycles. The number of amides is 1. The second-order valence-corrected chi connectivity index (χ2v) is 5.28. The molecule has 1 saturated heterocycles. The molecule has 2 rings (SSSR count). The van der Waals surface area contributed by atoms with Gasteiger partial charge in [0.15, 0.2) is 5.76 Å². The summed E-state index contributed by atoms with van der Waals surface area (Å²) < 4.78 is 5.21. The number of carbonyl (C=O) groups excluding carboxylic acids is 1. The first-order valence-electron chi connectivity index (χ1n) is 6.58. The van der Waals surface area contributed by atoms with E-state index >= 15 is 0 Å². The van der Waals surface area contributed by atoms with Crippen LogP contribution in [0.25, 0.3) is 0 Å². The first kappa shape index (κ1) is 14.0. The van der Waals surface area contributed by atoms with E-state index in [4.69, 9.17) is 10.3 Å². The van der Waals surface area contributed by atoms with Gasteiger partial charge < -0.3 is 9.32 Å². The van der Waals surface area contributed by atoms with Gasteiger partial charge in [0, 0.05) is 24.7 Å². The van der Waals surface area contributed by atoms with Gasteiger partial charge in [0.1, 0.15) is 0 Å². The number of nitrogens with zero attached hydrogens (tertiary/aromatic N) is 2. The monoisotopic (exact) mass is 266 g/mol. The van der Waals surface area contributed by atoms with Crippen molar-refractivity contribution in [2.45, 2.75) is 25.4 Å². The number of hydrazine groups is 1. The third-order valence-corrected chi connectivity index (χ3v) is 3.53. The van der Waals surface area contributed by atoms with Crippen molar-refractivity contribution in [2.75, 3.05) is 27.2 Å². The molecule has 6 heteroatoms. The van der Waals surface area contributed by atoms with Crippen LogP contribution < -0.4 is 11.3 Å². The highest BCUT2D eigenvalue weighted by Crippen LogP contribution is 2.22. The van der Waals surface area contributed by atoms with E-state index in [1.54, 1.807) is 0 Å². The van der Waals surface area contributed by atoms with Gasteiger partial charge in [-0.1, -0.05) is 0 Å². The Kier molecular flexibility index (Phi) is 4.57. The molecular weight excluding hydrogens is 244 g/mol. The molecule has 3 N–H and O–H groups in total. The van der Waals surface area contributed by atoms with Crippen molar-refractivity contribution >= 4 is 5.91 Å². The van der Waals surface area contributed by atoms with Gasteiger partial charge in [0.25, 0.3) is 0 Å². The zero-order valence-electron chi connectivity index (χ0n) is 11.6. The van der Waals surface area contributed by atoms with E-state index in [9.17, 15) is 4.79 Å². The first-order chi connectivity index (χ1) is 9.11. The van der Waals surface area contributed by atoms with Crippen molar-refractivity contribution in [1.82, 2.24) is 15.2 Å². The summed E-state index contributed by atoms with van der Waals surface area (Å²) in [5.74, 6) is 5.10. The SMILES string of the molecule is CN(C)CC1CCCN1Cc1ccoc1C(=O)NN. The normalized spacial score (nSPS) is 20.1. The fourth-order valence-corrected chi connectivity index (χ4v) is 2.68. The largest absolute Gasteiger partial charge is 0.459 e. The highest BCUT2D eigenvalue weighted by atomic mass is 16.3. The molecule has 0 spiro atoms. The van der Waals surface area contributed by atoms with Crippen LogP contribution in [0.1, 0.15) is 29.0 Å². The summed E-state index contributed by atoms with van der Waals surface area (Å²) >= 11 is 0. The van der Waals surface area contributed by atoms with Crippen LogP contribution in [0, 0.1) is 0 Å². The summed E-state index contributed by atoms with van der Waals surface area (Å²) in [4.78, 5) is 16.2. The van der Waals surface area contributed by atoms with E-state index in [2.05, 4.69) is 29.3 Å². The van der Waals surface area contributed by atoms with Crippen molar-refractivity contribution in [2.24, 2.45) is 5.84 Å². The standard InChI is InChI=1S/C13H22N4O2/c1-16(2)9-11-4-3-6-17(11)8-10-5-7-19-12(10)13(18)15-14/h5,7,11H,3-4,6,8-9,14H2,1-2H3,(H,15,18). The molecule has 106 valence electrons. The minimum atomic E-state index is -0.372. The molecule has 0 saturated carbocycles. The Balaban J connectivity index is 2.04. The van der Waals surface area contributed by atoms with Crippen molar-refractivity contribution in [3.05, 3.63) is 23.7 Å². The average molecular weight is 266 g/mol. The van der Waals surface area contributed by atoms with Gasteiger partial charge in [-0.15, -0.1) is 0 Å². The van der Waals surface area contributed by atoms with E-state index in [0.29, 0.717) is 11.8 Å². The molecule has 2 heterocycles. The number of likely N-dealkylation sites (tertiary alicyclic amines) is 1. The Morgan fingerprint density at radius 3 is 3.11 bits per heavy atom. The highest BCUT2D eigenvalue weighted by Gasteiger charge is 2.26. The van der Waals surface area contributed by atoms with Crippen LogP contribution >= 0.6 is 0 Å². The Morgan fingerprint density at radius 2 is 2.42 bits per heavy atom. The molecule has 19 heavy (non-hydrogen) atoms. The predicted molar refractivity (Wildman–Crippen MR) is 72.3 cm³/mol. The van der Waals surface area contributed by atoms with Gasteiger partial charge in [-0.25, -0.2) is 5.84 Å². The van der Waals surface area contributed by atoms with Crippen LogP contribution in [-0.2, 0) is 6.54 Å². The fraction of sp³-hybridized carbons (Fsp3) is 0.615. The van der Waals surface area contributed by atoms with E-state index in [1.807, 2.05) is 6.07 Å². The van der Waals surface area contributed by atoms with E-state index < -0.39 is 0 Å². The Hall–Kier alpha value is -1.37. The number of nitrogens with two attached hydrogens (primary N) is 1. The molecule has 1 amide bonds. The van der Waals surface area contributed by atoms with Gasteiger partial charge in [-0.3, -0.25) is 15.1 Å². The molecule has 1 aliphatic rings. The smallest absolute Gasteiger partial charge is 0.301 e. The first-order valence-corrected chi connectivity index (χ1v) is 6.58. The summed E-state index contributed by atoms with van der Waals surface area (Å²) in [7, 11) is 4.17. The van der Waals surface area contributed by atoms with Crippen molar-refractivity contribution in [3.63, 3.8) is 0 Å². The Morgan fingerprint density at radius 1 is 1.63 bits per heavy atom. The zero-order chi connectivity index (χ0) is 13.8. The third kappa shape index (κ3) is 3.34. The van der Waals surface area contributed by atoms with Gasteiger partial charge in [0.2, 0.25) is 0 Å². The number of likely N-dealkylation sites (N-methyl/N-ethyl adjacent to an activating group) is 1. The lowest BCUT2D eigenvalue weighted by atomic mass is 10.2. The number of rotatable bonds is 5. The third-order valence-electron chi connectivity index (χ3n) is 3.53. The molecule has 1 fully saturated rings. The fourth-order valence-electron chi connectivity index (χ4n) is 2.68. The maximum absolute atomic E-state index is 11.6. The van der Waals surface area contributed by atoms with Crippen LogP contribution in [0.3, 0.4) is 0 Å². The van der Waals surface area contributed by atoms with E-state index in [0.717, 1.165) is 25.2 Å². The topological polar surface area (TPSA) is 74.7 Å².